The van der Waals surface area contributed by atoms with Gasteiger partial charge in [0.15, 0.2) is 0 Å². The lowest BCUT2D eigenvalue weighted by molar-refractivity contribution is -0.121. The minimum absolute atomic E-state index is 0.116. The first-order chi connectivity index (χ1) is 31.5. The van der Waals surface area contributed by atoms with Gasteiger partial charge in [0.25, 0.3) is 0 Å². The number of carbonyl (C=O) groups excluding carboxylic acids is 1. The smallest absolute Gasteiger partial charge is 0.221 e. The lowest BCUT2D eigenvalue weighted by Crippen LogP contribution is -2.40. The average Bonchev–Trinajstić information content (AvgIpc) is 3.28. The zero-order chi connectivity index (χ0) is 46.7. The summed E-state index contributed by atoms with van der Waals surface area (Å²) in [5.74, 6) is 0.116. The standard InChI is InChI=1S/C56H117N5O3/c1-5-8-11-14-17-20-23-26-29-32-35-38-44-59-56(64)43-45-58-51-55(63)53-61(47-40-37-34-31-28-25-22-19-16-13-10-7-3)49-42-41-48-60(52-54(62)50-57-4)46-39-36-33-30-27-24-21-18-15-12-9-6-2/h54-55,57-58,62-63H,5-53H2,1-4H3,(H,59,64). The highest BCUT2D eigenvalue weighted by molar-refractivity contribution is 5.75. The number of nitrogens with one attached hydrogen (secondary N) is 3. The first-order valence-electron chi connectivity index (χ1n) is 28.9. The summed E-state index contributed by atoms with van der Waals surface area (Å²) in [5, 5.41) is 31.4. The van der Waals surface area contributed by atoms with Crippen molar-refractivity contribution in [3.8, 4) is 0 Å². The number of hydrogen-bond acceptors (Lipinski definition) is 7. The van der Waals surface area contributed by atoms with Crippen molar-refractivity contribution in [3.05, 3.63) is 0 Å². The van der Waals surface area contributed by atoms with Crippen LogP contribution in [0.25, 0.3) is 0 Å². The van der Waals surface area contributed by atoms with Crippen molar-refractivity contribution in [2.45, 2.75) is 283 Å². The van der Waals surface area contributed by atoms with Crippen LogP contribution in [-0.2, 0) is 4.79 Å². The molecule has 0 aromatic heterocycles. The monoisotopic (exact) mass is 908 g/mol. The molecule has 384 valence electrons. The number of aliphatic hydroxyl groups excluding tert-OH is 2. The molecule has 0 aromatic rings. The van der Waals surface area contributed by atoms with Crippen molar-refractivity contribution in [1.82, 2.24) is 25.8 Å². The maximum Gasteiger partial charge on any atom is 0.221 e. The Kier molecular flexibility index (Phi) is 52.5. The quantitative estimate of drug-likeness (QED) is 0.0388. The maximum atomic E-state index is 12.5. The molecule has 0 bridgehead atoms. The van der Waals surface area contributed by atoms with Gasteiger partial charge in [-0.3, -0.25) is 4.79 Å². The van der Waals surface area contributed by atoms with Gasteiger partial charge in [-0.1, -0.05) is 233 Å². The predicted molar refractivity (Wildman–Crippen MR) is 282 cm³/mol. The molecule has 0 aromatic carbocycles. The molecule has 1 amide bonds. The van der Waals surface area contributed by atoms with E-state index in [1.807, 2.05) is 7.05 Å². The van der Waals surface area contributed by atoms with Crippen LogP contribution < -0.4 is 16.0 Å². The molecule has 0 saturated carbocycles. The molecule has 0 aliphatic rings. The molecule has 0 aliphatic heterocycles. The Balaban J connectivity index is 4.59. The number of rotatable bonds is 55. The van der Waals surface area contributed by atoms with E-state index >= 15 is 0 Å². The SMILES string of the molecule is CCCCCCCCCCCCCCNC(=O)CCNCC(O)CN(CCCCCCCCCCCCCC)CCCCN(CCCCCCCCCCCCCC)CC(O)CNC. The van der Waals surface area contributed by atoms with E-state index in [1.165, 1.54) is 225 Å². The van der Waals surface area contributed by atoms with Crippen LogP contribution in [0.5, 0.6) is 0 Å². The zero-order valence-corrected chi connectivity index (χ0v) is 44.0. The van der Waals surface area contributed by atoms with Crippen molar-refractivity contribution in [2.75, 3.05) is 72.5 Å². The third-order valence-corrected chi connectivity index (χ3v) is 13.5. The van der Waals surface area contributed by atoms with E-state index in [0.29, 0.717) is 32.6 Å². The van der Waals surface area contributed by atoms with E-state index in [9.17, 15) is 15.0 Å². The molecule has 64 heavy (non-hydrogen) atoms. The third-order valence-electron chi connectivity index (χ3n) is 13.5. The Bertz CT molecular complexity index is 897. The largest absolute Gasteiger partial charge is 0.390 e. The van der Waals surface area contributed by atoms with Gasteiger partial charge in [0.1, 0.15) is 0 Å². The van der Waals surface area contributed by atoms with E-state index < -0.39 is 6.10 Å². The Morgan fingerprint density at radius 3 is 1.00 bits per heavy atom. The van der Waals surface area contributed by atoms with Crippen LogP contribution in [0, 0.1) is 0 Å². The van der Waals surface area contributed by atoms with Gasteiger partial charge in [0, 0.05) is 45.7 Å². The molecular formula is C56H117N5O3. The van der Waals surface area contributed by atoms with Gasteiger partial charge in [0.05, 0.1) is 12.2 Å². The molecule has 0 heterocycles. The Hall–Kier alpha value is -0.770. The highest BCUT2D eigenvalue weighted by Gasteiger charge is 2.14. The lowest BCUT2D eigenvalue weighted by Gasteiger charge is -2.27. The summed E-state index contributed by atoms with van der Waals surface area (Å²) >= 11 is 0. The molecule has 5 N–H and O–H groups in total. The van der Waals surface area contributed by atoms with Crippen LogP contribution in [0.2, 0.25) is 0 Å². The minimum atomic E-state index is -0.444. The highest BCUT2D eigenvalue weighted by Crippen LogP contribution is 2.15. The topological polar surface area (TPSA) is 100 Å². The molecular weight excluding hydrogens is 791 g/mol. The fraction of sp³-hybridized carbons (Fsp3) is 0.982. The van der Waals surface area contributed by atoms with E-state index in [1.54, 1.807) is 0 Å². The summed E-state index contributed by atoms with van der Waals surface area (Å²) in [7, 11) is 1.92. The van der Waals surface area contributed by atoms with Gasteiger partial charge in [-0.25, -0.2) is 0 Å². The van der Waals surface area contributed by atoms with E-state index in [2.05, 4.69) is 46.5 Å². The molecule has 8 heteroatoms. The van der Waals surface area contributed by atoms with Gasteiger partial charge >= 0.3 is 0 Å². The zero-order valence-electron chi connectivity index (χ0n) is 44.0. The molecule has 2 unspecified atom stereocenters. The maximum absolute atomic E-state index is 12.5. The van der Waals surface area contributed by atoms with Crippen LogP contribution in [0.1, 0.15) is 271 Å². The van der Waals surface area contributed by atoms with Crippen molar-refractivity contribution in [2.24, 2.45) is 0 Å². The molecule has 0 saturated heterocycles. The van der Waals surface area contributed by atoms with Crippen molar-refractivity contribution in [3.63, 3.8) is 0 Å². The number of carbonyl (C=O) groups is 1. The fourth-order valence-corrected chi connectivity index (χ4v) is 9.33. The van der Waals surface area contributed by atoms with E-state index in [4.69, 9.17) is 0 Å². The molecule has 0 rings (SSSR count). The molecule has 0 radical (unpaired) electrons. The summed E-state index contributed by atoms with van der Waals surface area (Å²) in [6.07, 6.45) is 50.5. The van der Waals surface area contributed by atoms with Gasteiger partial charge in [0.2, 0.25) is 5.91 Å². The summed E-state index contributed by atoms with van der Waals surface area (Å²) < 4.78 is 0. The fourth-order valence-electron chi connectivity index (χ4n) is 9.33. The van der Waals surface area contributed by atoms with Crippen LogP contribution in [0.15, 0.2) is 0 Å². The minimum Gasteiger partial charge on any atom is -0.390 e. The van der Waals surface area contributed by atoms with Gasteiger partial charge < -0.3 is 36.0 Å². The number of nitrogens with zero attached hydrogens (tertiary/aromatic N) is 2. The first-order valence-corrected chi connectivity index (χ1v) is 28.9. The van der Waals surface area contributed by atoms with Crippen LogP contribution in [0.3, 0.4) is 0 Å². The van der Waals surface area contributed by atoms with Crippen LogP contribution in [0.4, 0.5) is 0 Å². The molecule has 0 spiro atoms. The molecule has 0 aliphatic carbocycles. The number of amides is 1. The van der Waals surface area contributed by atoms with Crippen LogP contribution >= 0.6 is 0 Å². The second-order valence-corrected chi connectivity index (χ2v) is 20.1. The van der Waals surface area contributed by atoms with E-state index in [-0.39, 0.29) is 12.0 Å². The Labute approximate surface area is 401 Å². The van der Waals surface area contributed by atoms with Crippen molar-refractivity contribution < 1.29 is 15.0 Å². The van der Waals surface area contributed by atoms with Gasteiger partial charge in [-0.2, -0.15) is 0 Å². The summed E-state index contributed by atoms with van der Waals surface area (Å²) in [6.45, 7) is 15.0. The second-order valence-electron chi connectivity index (χ2n) is 20.1. The first kappa shape index (κ1) is 63.2. The Morgan fingerprint density at radius 1 is 0.391 bits per heavy atom. The van der Waals surface area contributed by atoms with E-state index in [0.717, 1.165) is 58.5 Å². The molecule has 2 atom stereocenters. The number of hydrogen-bond donors (Lipinski definition) is 5. The van der Waals surface area contributed by atoms with Crippen LogP contribution in [-0.4, -0.2) is 111 Å². The average molecular weight is 909 g/mol. The lowest BCUT2D eigenvalue weighted by atomic mass is 10.1. The number of likely N-dealkylation sites (N-methyl/N-ethyl adjacent to an activating group) is 1. The van der Waals surface area contributed by atoms with Crippen molar-refractivity contribution in [1.29, 1.82) is 0 Å². The summed E-state index contributed by atoms with van der Waals surface area (Å²) in [6, 6.07) is 0. The number of unbranched alkanes of at least 4 members (excludes halogenated alkanes) is 34. The Morgan fingerprint density at radius 2 is 0.672 bits per heavy atom. The van der Waals surface area contributed by atoms with Gasteiger partial charge in [-0.15, -0.1) is 0 Å². The highest BCUT2D eigenvalue weighted by atomic mass is 16.3. The number of aliphatic hydroxyl groups is 2. The van der Waals surface area contributed by atoms with Crippen molar-refractivity contribution >= 4 is 5.91 Å². The molecule has 0 fully saturated rings. The normalized spacial score (nSPS) is 12.8. The third kappa shape index (κ3) is 49.1. The summed E-state index contributed by atoms with van der Waals surface area (Å²) in [4.78, 5) is 17.5. The summed E-state index contributed by atoms with van der Waals surface area (Å²) in [5.41, 5.74) is 0. The second kappa shape index (κ2) is 53.2. The molecule has 8 nitrogen and oxygen atoms in total. The van der Waals surface area contributed by atoms with Gasteiger partial charge in [-0.05, 0) is 65.3 Å². The predicted octanol–water partition coefficient (Wildman–Crippen LogP) is 13.5.